The van der Waals surface area contributed by atoms with Gasteiger partial charge in [0.1, 0.15) is 5.75 Å². The van der Waals surface area contributed by atoms with E-state index in [9.17, 15) is 0 Å². The van der Waals surface area contributed by atoms with E-state index in [2.05, 4.69) is 46.5 Å². The molecule has 1 aromatic carbocycles. The van der Waals surface area contributed by atoms with Gasteiger partial charge in [-0.3, -0.25) is 0 Å². The number of aryl methyl sites for hydroxylation is 2. The Morgan fingerprint density at radius 2 is 2.05 bits per heavy atom. The van der Waals surface area contributed by atoms with E-state index in [1.54, 1.807) is 7.11 Å². The van der Waals surface area contributed by atoms with E-state index in [0.29, 0.717) is 0 Å². The van der Waals surface area contributed by atoms with Crippen molar-refractivity contribution < 1.29 is 4.74 Å². The first-order chi connectivity index (χ1) is 9.61. The summed E-state index contributed by atoms with van der Waals surface area (Å²) in [7, 11) is 1.73. The lowest BCUT2D eigenvalue weighted by molar-refractivity contribution is 0.415. The van der Waals surface area contributed by atoms with Gasteiger partial charge in [0, 0.05) is 17.8 Å². The van der Waals surface area contributed by atoms with E-state index < -0.39 is 0 Å². The van der Waals surface area contributed by atoms with Gasteiger partial charge in [-0.05, 0) is 66.2 Å². The first-order valence-corrected chi connectivity index (χ1v) is 7.81. The number of halogens is 1. The third-order valence-corrected chi connectivity index (χ3v) is 4.58. The molecule has 0 radical (unpaired) electrons. The van der Waals surface area contributed by atoms with Crippen molar-refractivity contribution in [3.05, 3.63) is 33.7 Å². The molecule has 106 valence electrons. The number of hydrogen-bond donors (Lipinski definition) is 0. The van der Waals surface area contributed by atoms with Gasteiger partial charge in [0.05, 0.1) is 12.8 Å². The lowest BCUT2D eigenvalue weighted by Crippen LogP contribution is -2.10. The summed E-state index contributed by atoms with van der Waals surface area (Å²) >= 11 is 3.60. The maximum atomic E-state index is 5.60. The highest BCUT2D eigenvalue weighted by Gasteiger charge is 2.23. The zero-order valence-electron chi connectivity index (χ0n) is 12.2. The lowest BCUT2D eigenvalue weighted by Gasteiger charge is -2.18. The summed E-state index contributed by atoms with van der Waals surface area (Å²) in [6.45, 7) is 5.28. The van der Waals surface area contributed by atoms with E-state index in [-0.39, 0.29) is 0 Å². The number of nitrogens with zero attached hydrogens (tertiary/aromatic N) is 2. The molecular weight excluding hydrogens is 316 g/mol. The first kappa shape index (κ1) is 13.7. The zero-order chi connectivity index (χ0) is 14.3. The second kappa shape index (κ2) is 5.24. The number of fused-ring (bicyclic) bond motifs is 1. The average Bonchev–Trinajstić information content (AvgIpc) is 2.75. The second-order valence-electron chi connectivity index (χ2n) is 5.44. The quantitative estimate of drug-likeness (QED) is 0.819. The Morgan fingerprint density at radius 3 is 2.80 bits per heavy atom. The third kappa shape index (κ3) is 2.16. The molecule has 1 aromatic heterocycles. The third-order valence-electron chi connectivity index (χ3n) is 3.97. The lowest BCUT2D eigenvalue weighted by atomic mass is 9.98. The molecule has 3 rings (SSSR count). The summed E-state index contributed by atoms with van der Waals surface area (Å²) in [5, 5.41) is 0. The molecule has 0 atom stereocenters. The van der Waals surface area contributed by atoms with Crippen molar-refractivity contribution in [2.24, 2.45) is 0 Å². The molecule has 2 aromatic rings. The molecule has 2 heterocycles. The Morgan fingerprint density at radius 1 is 1.25 bits per heavy atom. The van der Waals surface area contributed by atoms with Crippen LogP contribution in [0.15, 0.2) is 16.9 Å². The van der Waals surface area contributed by atoms with E-state index in [0.717, 1.165) is 34.7 Å². The fourth-order valence-electron chi connectivity index (χ4n) is 3.09. The molecule has 0 fully saturated rings. The highest BCUT2D eigenvalue weighted by Crippen LogP contribution is 2.38. The van der Waals surface area contributed by atoms with Crippen LogP contribution in [0.2, 0.25) is 0 Å². The molecule has 0 saturated heterocycles. The number of ether oxygens (including phenoxy) is 1. The fraction of sp³-hybridized carbons (Fsp3) is 0.438. The van der Waals surface area contributed by atoms with E-state index in [4.69, 9.17) is 9.72 Å². The molecule has 1 aliphatic heterocycles. The minimum atomic E-state index is 0.918. The average molecular weight is 335 g/mol. The molecule has 0 spiro atoms. The van der Waals surface area contributed by atoms with Crippen molar-refractivity contribution in [2.75, 3.05) is 7.11 Å². The predicted octanol–water partition coefficient (Wildman–Crippen LogP) is 4.27. The molecule has 4 heteroatoms. The summed E-state index contributed by atoms with van der Waals surface area (Å²) in [5.41, 5.74) is 5.98. The molecule has 0 N–H and O–H groups in total. The van der Waals surface area contributed by atoms with E-state index in [1.807, 2.05) is 0 Å². The molecule has 0 unspecified atom stereocenters. The number of benzene rings is 1. The van der Waals surface area contributed by atoms with Crippen LogP contribution in [-0.2, 0) is 13.0 Å². The van der Waals surface area contributed by atoms with Gasteiger partial charge >= 0.3 is 0 Å². The van der Waals surface area contributed by atoms with Crippen molar-refractivity contribution >= 4 is 15.9 Å². The van der Waals surface area contributed by atoms with Gasteiger partial charge in [-0.2, -0.15) is 0 Å². The van der Waals surface area contributed by atoms with E-state index in [1.165, 1.54) is 29.7 Å². The summed E-state index contributed by atoms with van der Waals surface area (Å²) in [6, 6.07) is 4.28. The van der Waals surface area contributed by atoms with Crippen LogP contribution in [0.25, 0.3) is 11.3 Å². The van der Waals surface area contributed by atoms with Crippen LogP contribution < -0.4 is 4.74 Å². The molecular formula is C16H19BrN2O. The van der Waals surface area contributed by atoms with Gasteiger partial charge in [0.25, 0.3) is 0 Å². The van der Waals surface area contributed by atoms with Crippen LogP contribution in [0, 0.1) is 13.8 Å². The van der Waals surface area contributed by atoms with Gasteiger partial charge in [-0.15, -0.1) is 0 Å². The molecule has 1 aliphatic rings. The van der Waals surface area contributed by atoms with Crippen LogP contribution in [0.3, 0.4) is 0 Å². The molecule has 3 nitrogen and oxygen atoms in total. The highest BCUT2D eigenvalue weighted by molar-refractivity contribution is 9.10. The second-order valence-corrected chi connectivity index (χ2v) is 6.15. The van der Waals surface area contributed by atoms with Gasteiger partial charge in [-0.25, -0.2) is 4.98 Å². The number of hydrogen-bond acceptors (Lipinski definition) is 2. The van der Waals surface area contributed by atoms with Crippen LogP contribution in [0.4, 0.5) is 0 Å². The zero-order valence-corrected chi connectivity index (χ0v) is 13.7. The van der Waals surface area contributed by atoms with Crippen LogP contribution >= 0.6 is 15.9 Å². The number of methoxy groups -OCH3 is 1. The Balaban J connectivity index is 2.24. The van der Waals surface area contributed by atoms with Crippen LogP contribution in [0.5, 0.6) is 5.75 Å². The normalized spacial score (nSPS) is 14.2. The Bertz CT molecular complexity index is 661. The Labute approximate surface area is 128 Å². The maximum Gasteiger partial charge on any atom is 0.177 e. The number of rotatable bonds is 2. The van der Waals surface area contributed by atoms with E-state index >= 15 is 0 Å². The van der Waals surface area contributed by atoms with Crippen molar-refractivity contribution in [3.63, 3.8) is 0 Å². The summed E-state index contributed by atoms with van der Waals surface area (Å²) in [4.78, 5) is 4.76. The monoisotopic (exact) mass is 334 g/mol. The smallest absolute Gasteiger partial charge is 0.177 e. The number of imidazole rings is 1. The summed E-state index contributed by atoms with van der Waals surface area (Å²) in [6.07, 6.45) is 3.55. The molecule has 0 amide bonds. The SMILES string of the molecule is COc1cc(C)cc(C)c1-c1nc(Br)n2c1CCCC2. The van der Waals surface area contributed by atoms with Crippen LogP contribution in [0.1, 0.15) is 29.7 Å². The summed E-state index contributed by atoms with van der Waals surface area (Å²) < 4.78 is 8.82. The summed E-state index contributed by atoms with van der Waals surface area (Å²) in [5.74, 6) is 0.918. The highest BCUT2D eigenvalue weighted by atomic mass is 79.9. The Hall–Kier alpha value is -1.29. The minimum absolute atomic E-state index is 0.918. The molecule has 0 saturated carbocycles. The maximum absolute atomic E-state index is 5.60. The Kier molecular flexibility index (Phi) is 3.59. The first-order valence-electron chi connectivity index (χ1n) is 7.02. The van der Waals surface area contributed by atoms with Crippen molar-refractivity contribution in [1.82, 2.24) is 9.55 Å². The molecule has 0 bridgehead atoms. The molecule has 0 aliphatic carbocycles. The van der Waals surface area contributed by atoms with Gasteiger partial charge in [0.15, 0.2) is 4.73 Å². The molecule has 20 heavy (non-hydrogen) atoms. The fourth-order valence-corrected chi connectivity index (χ4v) is 3.66. The topological polar surface area (TPSA) is 27.1 Å². The van der Waals surface area contributed by atoms with Gasteiger partial charge < -0.3 is 9.30 Å². The number of aromatic nitrogens is 2. The largest absolute Gasteiger partial charge is 0.496 e. The van der Waals surface area contributed by atoms with Gasteiger partial charge in [0.2, 0.25) is 0 Å². The van der Waals surface area contributed by atoms with Gasteiger partial charge in [-0.1, -0.05) is 6.07 Å². The predicted molar refractivity (Wildman–Crippen MR) is 84.3 cm³/mol. The van der Waals surface area contributed by atoms with Crippen molar-refractivity contribution in [3.8, 4) is 17.0 Å². The standard InChI is InChI=1S/C16H19BrN2O/c1-10-8-11(2)14(13(9-10)20-3)15-12-6-4-5-7-19(12)16(17)18-15/h8-9H,4-7H2,1-3H3. The minimum Gasteiger partial charge on any atom is -0.496 e. The van der Waals surface area contributed by atoms with Crippen molar-refractivity contribution in [1.29, 1.82) is 0 Å². The van der Waals surface area contributed by atoms with Crippen LogP contribution in [-0.4, -0.2) is 16.7 Å². The van der Waals surface area contributed by atoms with Crippen molar-refractivity contribution in [2.45, 2.75) is 39.7 Å².